The van der Waals surface area contributed by atoms with Crippen LogP contribution in [0.15, 0.2) is 0 Å². The molecular formula is C9H18O3S. The molecule has 4 heteroatoms. The lowest BCUT2D eigenvalue weighted by molar-refractivity contribution is 0.282. The molecule has 1 aliphatic carbocycles. The molecule has 1 aliphatic rings. The van der Waals surface area contributed by atoms with Crippen LogP contribution in [-0.2, 0) is 10.1 Å². The van der Waals surface area contributed by atoms with Crippen LogP contribution in [-0.4, -0.2) is 17.7 Å². The Hall–Kier alpha value is -0.0900. The fourth-order valence-corrected chi connectivity index (χ4v) is 2.71. The predicted octanol–water partition coefficient (Wildman–Crippen LogP) is 2.23. The van der Waals surface area contributed by atoms with Gasteiger partial charge in [-0.25, -0.2) is 0 Å². The Kier molecular flexibility index (Phi) is 3.02. The van der Waals surface area contributed by atoms with E-state index >= 15 is 0 Å². The molecule has 0 aromatic rings. The molecule has 1 rings (SSSR count). The first kappa shape index (κ1) is 11.0. The van der Waals surface area contributed by atoms with E-state index in [0.717, 1.165) is 19.3 Å². The van der Waals surface area contributed by atoms with Crippen LogP contribution in [0.5, 0.6) is 0 Å². The Balaban J connectivity index is 2.68. The average molecular weight is 206 g/mol. The molecule has 0 heterocycles. The van der Waals surface area contributed by atoms with Crippen molar-refractivity contribution in [2.24, 2.45) is 5.92 Å². The number of hydrogen-bond donors (Lipinski definition) is 1. The molecule has 0 unspecified atom stereocenters. The molecular weight excluding hydrogens is 188 g/mol. The largest absolute Gasteiger partial charge is 0.285 e. The van der Waals surface area contributed by atoms with Gasteiger partial charge in [-0.3, -0.25) is 4.55 Å². The van der Waals surface area contributed by atoms with Crippen molar-refractivity contribution in [3.63, 3.8) is 0 Å². The van der Waals surface area contributed by atoms with Crippen molar-refractivity contribution in [3.8, 4) is 0 Å². The second-order valence-electron chi connectivity index (χ2n) is 4.28. The summed E-state index contributed by atoms with van der Waals surface area (Å²) in [7, 11) is -3.86. The highest BCUT2D eigenvalue weighted by Crippen LogP contribution is 2.37. The van der Waals surface area contributed by atoms with Gasteiger partial charge in [-0.05, 0) is 38.5 Å². The molecule has 0 spiro atoms. The van der Waals surface area contributed by atoms with E-state index in [2.05, 4.69) is 6.92 Å². The van der Waals surface area contributed by atoms with Gasteiger partial charge in [0.15, 0.2) is 0 Å². The third-order valence-corrected chi connectivity index (χ3v) is 5.02. The van der Waals surface area contributed by atoms with Crippen LogP contribution in [0.1, 0.15) is 46.0 Å². The van der Waals surface area contributed by atoms with Crippen LogP contribution in [0.3, 0.4) is 0 Å². The van der Waals surface area contributed by atoms with E-state index < -0.39 is 14.9 Å². The summed E-state index contributed by atoms with van der Waals surface area (Å²) < 4.78 is 30.3. The Morgan fingerprint density at radius 3 is 2.15 bits per heavy atom. The molecule has 0 aromatic heterocycles. The van der Waals surface area contributed by atoms with Crippen LogP contribution >= 0.6 is 0 Å². The molecule has 0 bridgehead atoms. The van der Waals surface area contributed by atoms with Crippen molar-refractivity contribution in [2.45, 2.75) is 50.7 Å². The first-order valence-electron chi connectivity index (χ1n) is 4.86. The minimum absolute atomic E-state index is 0.602. The first-order valence-corrected chi connectivity index (χ1v) is 6.30. The highest BCUT2D eigenvalue weighted by atomic mass is 32.2. The number of hydrogen-bond acceptors (Lipinski definition) is 2. The van der Waals surface area contributed by atoms with E-state index in [4.69, 9.17) is 4.55 Å². The molecule has 1 saturated carbocycles. The first-order chi connectivity index (χ1) is 5.89. The molecule has 0 saturated heterocycles. The van der Waals surface area contributed by atoms with Gasteiger partial charge in [0.25, 0.3) is 10.1 Å². The van der Waals surface area contributed by atoms with Crippen molar-refractivity contribution < 1.29 is 13.0 Å². The fourth-order valence-electron chi connectivity index (χ4n) is 1.95. The topological polar surface area (TPSA) is 54.4 Å². The van der Waals surface area contributed by atoms with Crippen molar-refractivity contribution in [2.75, 3.05) is 0 Å². The van der Waals surface area contributed by atoms with E-state index in [1.807, 2.05) is 0 Å². The molecule has 0 aromatic carbocycles. The second kappa shape index (κ2) is 3.58. The van der Waals surface area contributed by atoms with Gasteiger partial charge < -0.3 is 0 Å². The minimum Gasteiger partial charge on any atom is -0.285 e. The SMILES string of the molecule is CCC1CCC(C)(S(=O)(=O)O)CC1. The van der Waals surface area contributed by atoms with E-state index in [1.165, 1.54) is 0 Å². The van der Waals surface area contributed by atoms with Gasteiger partial charge in [-0.2, -0.15) is 8.42 Å². The van der Waals surface area contributed by atoms with Crippen molar-refractivity contribution >= 4 is 10.1 Å². The summed E-state index contributed by atoms with van der Waals surface area (Å²) in [5.74, 6) is 0.648. The fraction of sp³-hybridized carbons (Fsp3) is 1.00. The maximum absolute atomic E-state index is 11.1. The molecule has 1 fully saturated rings. The molecule has 0 radical (unpaired) electrons. The van der Waals surface area contributed by atoms with Crippen LogP contribution < -0.4 is 0 Å². The normalized spacial score (nSPS) is 36.1. The monoisotopic (exact) mass is 206 g/mol. The van der Waals surface area contributed by atoms with Crippen molar-refractivity contribution in [3.05, 3.63) is 0 Å². The standard InChI is InChI=1S/C9H18O3S/c1-3-8-4-6-9(2,7-5-8)13(10,11)12/h8H,3-7H2,1-2H3,(H,10,11,12). The molecule has 0 aliphatic heterocycles. The van der Waals surface area contributed by atoms with Crippen molar-refractivity contribution in [1.82, 2.24) is 0 Å². The number of rotatable bonds is 2. The summed E-state index contributed by atoms with van der Waals surface area (Å²) in [5.41, 5.74) is 0. The Morgan fingerprint density at radius 2 is 1.85 bits per heavy atom. The van der Waals surface area contributed by atoms with E-state index in [1.54, 1.807) is 6.92 Å². The average Bonchev–Trinajstić information content (AvgIpc) is 2.04. The van der Waals surface area contributed by atoms with Crippen LogP contribution in [0.4, 0.5) is 0 Å². The minimum atomic E-state index is -3.86. The van der Waals surface area contributed by atoms with Crippen molar-refractivity contribution in [1.29, 1.82) is 0 Å². The zero-order valence-electron chi connectivity index (χ0n) is 8.28. The van der Waals surface area contributed by atoms with Gasteiger partial charge >= 0.3 is 0 Å². The lowest BCUT2D eigenvalue weighted by atomic mass is 9.81. The quantitative estimate of drug-likeness (QED) is 0.705. The maximum atomic E-state index is 11.1. The van der Waals surface area contributed by atoms with Gasteiger partial charge in [0, 0.05) is 0 Å². The highest BCUT2D eigenvalue weighted by Gasteiger charge is 2.40. The van der Waals surface area contributed by atoms with Gasteiger partial charge in [-0.15, -0.1) is 0 Å². The summed E-state index contributed by atoms with van der Waals surface area (Å²) in [5, 5.41) is 0. The second-order valence-corrected chi connectivity index (χ2v) is 6.21. The van der Waals surface area contributed by atoms with Crippen LogP contribution in [0.25, 0.3) is 0 Å². The van der Waals surface area contributed by atoms with Gasteiger partial charge in [-0.1, -0.05) is 13.3 Å². The molecule has 78 valence electrons. The molecule has 3 nitrogen and oxygen atoms in total. The summed E-state index contributed by atoms with van der Waals surface area (Å²) >= 11 is 0. The summed E-state index contributed by atoms with van der Waals surface area (Å²) in [6.45, 7) is 3.77. The Bertz CT molecular complexity index is 261. The van der Waals surface area contributed by atoms with Gasteiger partial charge in [0.05, 0.1) is 4.75 Å². The Morgan fingerprint density at radius 1 is 1.38 bits per heavy atom. The van der Waals surface area contributed by atoms with Gasteiger partial charge in [0.1, 0.15) is 0 Å². The molecule has 1 N–H and O–H groups in total. The molecule has 13 heavy (non-hydrogen) atoms. The third kappa shape index (κ3) is 2.23. The summed E-state index contributed by atoms with van der Waals surface area (Å²) in [6.07, 6.45) is 4.16. The smallest absolute Gasteiger partial charge is 0.270 e. The zero-order valence-corrected chi connectivity index (χ0v) is 9.10. The van der Waals surface area contributed by atoms with Crippen LogP contribution in [0, 0.1) is 5.92 Å². The molecule has 0 atom stereocenters. The van der Waals surface area contributed by atoms with E-state index in [9.17, 15) is 8.42 Å². The van der Waals surface area contributed by atoms with Crippen LogP contribution in [0.2, 0.25) is 0 Å². The zero-order chi connectivity index (χ0) is 10.1. The molecule has 0 amide bonds. The lowest BCUT2D eigenvalue weighted by Crippen LogP contribution is -2.38. The lowest BCUT2D eigenvalue weighted by Gasteiger charge is -2.34. The summed E-state index contributed by atoms with van der Waals surface area (Å²) in [4.78, 5) is 0. The van der Waals surface area contributed by atoms with E-state index in [0.29, 0.717) is 18.8 Å². The summed E-state index contributed by atoms with van der Waals surface area (Å²) in [6, 6.07) is 0. The van der Waals surface area contributed by atoms with E-state index in [-0.39, 0.29) is 0 Å². The predicted molar refractivity (Wildman–Crippen MR) is 52.2 cm³/mol. The van der Waals surface area contributed by atoms with Gasteiger partial charge in [0.2, 0.25) is 0 Å². The Labute approximate surface area is 80.3 Å². The third-order valence-electron chi connectivity index (χ3n) is 3.36. The highest BCUT2D eigenvalue weighted by molar-refractivity contribution is 7.87. The maximum Gasteiger partial charge on any atom is 0.270 e.